The Morgan fingerprint density at radius 2 is 1.70 bits per heavy atom. The summed E-state index contributed by atoms with van der Waals surface area (Å²) in [4.78, 5) is 16.7. The molecule has 0 aliphatic carbocycles. The molecule has 3 aromatic rings. The summed E-state index contributed by atoms with van der Waals surface area (Å²) in [5, 5.41) is 2.48. The van der Waals surface area contributed by atoms with E-state index in [-0.39, 0.29) is 5.69 Å². The zero-order valence-corrected chi connectivity index (χ0v) is 17.4. The van der Waals surface area contributed by atoms with Crippen LogP contribution in [0.25, 0.3) is 11.1 Å². The molecule has 4 rings (SSSR count). The number of aromatic nitrogens is 1. The van der Waals surface area contributed by atoms with Crippen molar-refractivity contribution in [3.63, 3.8) is 0 Å². The van der Waals surface area contributed by atoms with Crippen LogP contribution in [0.2, 0.25) is 0 Å². The van der Waals surface area contributed by atoms with Gasteiger partial charge in [-0.25, -0.2) is 17.6 Å². The van der Waals surface area contributed by atoms with Crippen LogP contribution in [0.1, 0.15) is 23.2 Å². The second kappa shape index (κ2) is 9.99. The zero-order chi connectivity index (χ0) is 23.4. The van der Waals surface area contributed by atoms with Crippen LogP contribution >= 0.6 is 0 Å². The van der Waals surface area contributed by atoms with Gasteiger partial charge in [0.15, 0.2) is 0 Å². The van der Waals surface area contributed by atoms with Gasteiger partial charge in [0.05, 0.1) is 29.5 Å². The number of pyridine rings is 1. The van der Waals surface area contributed by atoms with Crippen molar-refractivity contribution in [1.29, 1.82) is 0 Å². The van der Waals surface area contributed by atoms with Crippen molar-refractivity contribution < 1.29 is 31.8 Å². The van der Waals surface area contributed by atoms with Crippen molar-refractivity contribution >= 4 is 11.6 Å². The van der Waals surface area contributed by atoms with Crippen LogP contribution in [-0.2, 0) is 4.74 Å². The molecule has 2 aromatic carbocycles. The highest BCUT2D eigenvalue weighted by molar-refractivity contribution is 6.05. The Kier molecular flexibility index (Phi) is 6.88. The number of benzene rings is 2. The van der Waals surface area contributed by atoms with Crippen LogP contribution in [0.5, 0.6) is 5.75 Å². The number of ether oxygens (including phenoxy) is 2. The maximum atomic E-state index is 15.1. The standard InChI is InChI=1S/C24H20F4N2O3/c25-16-2-1-3-17(26)21(16)22-18(27)5-4-15(23(22)28)24(31)30-19-12-29-9-6-20(19)33-13-14-7-10-32-11-8-14/h1-6,9,12,14H,7-8,10-11,13H2,(H,30,31). The number of nitrogens with zero attached hydrogens (tertiary/aromatic N) is 1. The summed E-state index contributed by atoms with van der Waals surface area (Å²) in [6.07, 6.45) is 4.51. The monoisotopic (exact) mass is 460 g/mol. The fourth-order valence-electron chi connectivity index (χ4n) is 3.61. The summed E-state index contributed by atoms with van der Waals surface area (Å²) in [6.45, 7) is 1.71. The lowest BCUT2D eigenvalue weighted by Crippen LogP contribution is -2.22. The fourth-order valence-corrected chi connectivity index (χ4v) is 3.61. The van der Waals surface area contributed by atoms with E-state index >= 15 is 4.39 Å². The van der Waals surface area contributed by atoms with Crippen molar-refractivity contribution in [2.75, 3.05) is 25.1 Å². The highest BCUT2D eigenvalue weighted by atomic mass is 19.1. The number of nitrogens with one attached hydrogen (secondary N) is 1. The van der Waals surface area contributed by atoms with Gasteiger partial charge in [0.2, 0.25) is 0 Å². The van der Waals surface area contributed by atoms with Gasteiger partial charge in [-0.05, 0) is 43.0 Å². The molecule has 0 bridgehead atoms. The molecular weight excluding hydrogens is 440 g/mol. The molecule has 1 aromatic heterocycles. The first-order chi connectivity index (χ1) is 16.0. The van der Waals surface area contributed by atoms with E-state index in [2.05, 4.69) is 10.3 Å². The van der Waals surface area contributed by atoms with E-state index in [0.29, 0.717) is 31.5 Å². The Morgan fingerprint density at radius 3 is 2.42 bits per heavy atom. The predicted octanol–water partition coefficient (Wildman–Crippen LogP) is 5.36. The number of halogens is 4. The Labute approximate surface area is 187 Å². The van der Waals surface area contributed by atoms with E-state index in [9.17, 15) is 18.0 Å². The minimum absolute atomic E-state index is 0.178. The van der Waals surface area contributed by atoms with E-state index in [0.717, 1.165) is 43.2 Å². The van der Waals surface area contributed by atoms with Gasteiger partial charge in [0.25, 0.3) is 5.91 Å². The predicted molar refractivity (Wildman–Crippen MR) is 113 cm³/mol. The Hall–Kier alpha value is -3.46. The van der Waals surface area contributed by atoms with E-state index in [4.69, 9.17) is 9.47 Å². The van der Waals surface area contributed by atoms with E-state index in [1.807, 2.05) is 0 Å². The quantitative estimate of drug-likeness (QED) is 0.503. The maximum Gasteiger partial charge on any atom is 0.258 e. The first-order valence-corrected chi connectivity index (χ1v) is 10.3. The third kappa shape index (κ3) is 4.98. The molecule has 1 fully saturated rings. The van der Waals surface area contributed by atoms with Crippen molar-refractivity contribution in [3.8, 4) is 16.9 Å². The summed E-state index contributed by atoms with van der Waals surface area (Å²) in [5.74, 6) is -5.21. The molecule has 1 N–H and O–H groups in total. The molecule has 1 amide bonds. The molecule has 0 unspecified atom stereocenters. The first-order valence-electron chi connectivity index (χ1n) is 10.3. The number of anilines is 1. The molecule has 0 atom stereocenters. The molecule has 0 spiro atoms. The molecule has 1 saturated heterocycles. The Morgan fingerprint density at radius 1 is 1.00 bits per heavy atom. The Balaban J connectivity index is 1.59. The third-order valence-corrected chi connectivity index (χ3v) is 5.39. The highest BCUT2D eigenvalue weighted by Gasteiger charge is 2.25. The minimum atomic E-state index is -1.38. The van der Waals surface area contributed by atoms with Gasteiger partial charge in [0.1, 0.15) is 34.7 Å². The van der Waals surface area contributed by atoms with Gasteiger partial charge < -0.3 is 14.8 Å². The number of carbonyl (C=O) groups excluding carboxylic acids is 1. The lowest BCUT2D eigenvalue weighted by molar-refractivity contribution is 0.0498. The molecule has 1 aliphatic rings. The number of hydrogen-bond donors (Lipinski definition) is 1. The van der Waals surface area contributed by atoms with Gasteiger partial charge in [-0.2, -0.15) is 0 Å². The lowest BCUT2D eigenvalue weighted by Gasteiger charge is -2.22. The van der Waals surface area contributed by atoms with Crippen molar-refractivity contribution in [2.45, 2.75) is 12.8 Å². The molecule has 2 heterocycles. The largest absolute Gasteiger partial charge is 0.491 e. The van der Waals surface area contributed by atoms with E-state index < -0.39 is 45.9 Å². The topological polar surface area (TPSA) is 60.5 Å². The Bertz CT molecular complexity index is 1150. The maximum absolute atomic E-state index is 15.1. The first kappa shape index (κ1) is 22.7. The van der Waals surface area contributed by atoms with Crippen LogP contribution in [0.15, 0.2) is 48.8 Å². The zero-order valence-electron chi connectivity index (χ0n) is 17.4. The minimum Gasteiger partial charge on any atom is -0.491 e. The lowest BCUT2D eigenvalue weighted by atomic mass is 9.99. The van der Waals surface area contributed by atoms with E-state index in [1.165, 1.54) is 12.4 Å². The van der Waals surface area contributed by atoms with Gasteiger partial charge >= 0.3 is 0 Å². The van der Waals surface area contributed by atoms with Gasteiger partial charge in [-0.15, -0.1) is 0 Å². The fraction of sp³-hybridized carbons (Fsp3) is 0.250. The molecule has 33 heavy (non-hydrogen) atoms. The van der Waals surface area contributed by atoms with Crippen LogP contribution in [0.3, 0.4) is 0 Å². The average Bonchev–Trinajstić information content (AvgIpc) is 2.81. The third-order valence-electron chi connectivity index (χ3n) is 5.39. The summed E-state index contributed by atoms with van der Waals surface area (Å²) in [7, 11) is 0. The summed E-state index contributed by atoms with van der Waals surface area (Å²) >= 11 is 0. The van der Waals surface area contributed by atoms with Crippen LogP contribution in [-0.4, -0.2) is 30.7 Å². The summed E-state index contributed by atoms with van der Waals surface area (Å²) < 4.78 is 69.0. The van der Waals surface area contributed by atoms with E-state index in [1.54, 1.807) is 6.07 Å². The van der Waals surface area contributed by atoms with Crippen molar-refractivity contribution in [3.05, 3.63) is 77.6 Å². The second-order valence-electron chi connectivity index (χ2n) is 7.57. The molecular formula is C24H20F4N2O3. The van der Waals surface area contributed by atoms with Crippen LogP contribution in [0.4, 0.5) is 23.2 Å². The summed E-state index contributed by atoms with van der Waals surface area (Å²) in [6, 6.07) is 6.07. The van der Waals surface area contributed by atoms with Gasteiger partial charge in [-0.1, -0.05) is 6.07 Å². The van der Waals surface area contributed by atoms with Gasteiger partial charge in [0, 0.05) is 25.5 Å². The molecule has 172 valence electrons. The normalized spacial score (nSPS) is 14.2. The molecule has 0 radical (unpaired) electrons. The van der Waals surface area contributed by atoms with Crippen LogP contribution < -0.4 is 10.1 Å². The molecule has 0 saturated carbocycles. The van der Waals surface area contributed by atoms with Crippen molar-refractivity contribution in [1.82, 2.24) is 4.98 Å². The number of carbonyl (C=O) groups is 1. The number of amides is 1. The smallest absolute Gasteiger partial charge is 0.258 e. The molecule has 5 nitrogen and oxygen atoms in total. The number of rotatable bonds is 6. The highest BCUT2D eigenvalue weighted by Crippen LogP contribution is 2.33. The van der Waals surface area contributed by atoms with Crippen LogP contribution in [0, 0.1) is 29.2 Å². The average molecular weight is 460 g/mol. The molecule has 9 heteroatoms. The summed E-state index contributed by atoms with van der Waals surface area (Å²) in [5.41, 5.74) is -2.25. The second-order valence-corrected chi connectivity index (χ2v) is 7.57. The number of hydrogen-bond acceptors (Lipinski definition) is 4. The van der Waals surface area contributed by atoms with Gasteiger partial charge in [-0.3, -0.25) is 9.78 Å². The SMILES string of the molecule is O=C(Nc1cnccc1OCC1CCOCC1)c1ccc(F)c(-c2c(F)cccc2F)c1F. The van der Waals surface area contributed by atoms with Crippen molar-refractivity contribution in [2.24, 2.45) is 5.92 Å². The molecule has 1 aliphatic heterocycles.